The Bertz CT molecular complexity index is 1230. The molecule has 1 aliphatic carbocycles. The molecule has 0 radical (unpaired) electrons. The third kappa shape index (κ3) is 3.98. The predicted octanol–water partition coefficient (Wildman–Crippen LogP) is 6.34. The maximum absolute atomic E-state index is 14.0. The second-order valence-electron chi connectivity index (χ2n) is 11.3. The van der Waals surface area contributed by atoms with Crippen molar-refractivity contribution in [3.63, 3.8) is 0 Å². The molecular formula is C28H32FN3O. The predicted molar refractivity (Wildman–Crippen MR) is 129 cm³/mol. The van der Waals surface area contributed by atoms with E-state index in [4.69, 9.17) is 5.10 Å². The number of rotatable bonds is 3. The molecule has 33 heavy (non-hydrogen) atoms. The number of aromatic nitrogens is 2. The summed E-state index contributed by atoms with van der Waals surface area (Å²) in [7, 11) is 0. The van der Waals surface area contributed by atoms with E-state index in [0.717, 1.165) is 48.2 Å². The quantitative estimate of drug-likeness (QED) is 0.472. The van der Waals surface area contributed by atoms with Gasteiger partial charge in [0.05, 0.1) is 11.4 Å². The van der Waals surface area contributed by atoms with Crippen LogP contribution in [0.3, 0.4) is 0 Å². The van der Waals surface area contributed by atoms with Crippen LogP contribution >= 0.6 is 0 Å². The summed E-state index contributed by atoms with van der Waals surface area (Å²) >= 11 is 0. The van der Waals surface area contributed by atoms with Crippen molar-refractivity contribution in [2.24, 2.45) is 10.8 Å². The normalized spacial score (nSPS) is 23.7. The van der Waals surface area contributed by atoms with E-state index < -0.39 is 0 Å². The summed E-state index contributed by atoms with van der Waals surface area (Å²) in [6.45, 7) is 11.8. The minimum Gasteiger partial charge on any atom is -0.334 e. The number of fused-ring (bicyclic) bond motifs is 2. The Hall–Kier alpha value is -2.95. The van der Waals surface area contributed by atoms with E-state index >= 15 is 0 Å². The number of hydrogen-bond donors (Lipinski definition) is 0. The van der Waals surface area contributed by atoms with Gasteiger partial charge in [0, 0.05) is 18.2 Å². The van der Waals surface area contributed by atoms with Crippen LogP contribution in [0.1, 0.15) is 61.6 Å². The van der Waals surface area contributed by atoms with Gasteiger partial charge in [0.2, 0.25) is 0 Å². The zero-order valence-corrected chi connectivity index (χ0v) is 20.2. The summed E-state index contributed by atoms with van der Waals surface area (Å²) in [5.74, 6) is -0.257. The molecule has 2 bridgehead atoms. The van der Waals surface area contributed by atoms with Crippen molar-refractivity contribution in [2.75, 3.05) is 6.54 Å². The van der Waals surface area contributed by atoms with Crippen molar-refractivity contribution >= 4 is 5.91 Å². The minimum atomic E-state index is -0.288. The Morgan fingerprint density at radius 2 is 1.76 bits per heavy atom. The van der Waals surface area contributed by atoms with E-state index in [9.17, 15) is 9.18 Å². The van der Waals surface area contributed by atoms with Crippen LogP contribution < -0.4 is 0 Å². The van der Waals surface area contributed by atoms with Crippen LogP contribution in [0.2, 0.25) is 0 Å². The molecule has 172 valence electrons. The molecule has 0 spiro atoms. The Morgan fingerprint density at radius 3 is 2.48 bits per heavy atom. The van der Waals surface area contributed by atoms with Crippen molar-refractivity contribution < 1.29 is 9.18 Å². The molecule has 2 atom stereocenters. The molecule has 1 amide bonds. The molecule has 2 aliphatic rings. The van der Waals surface area contributed by atoms with E-state index in [1.165, 1.54) is 12.1 Å². The van der Waals surface area contributed by atoms with E-state index in [2.05, 4.69) is 43.9 Å². The first kappa shape index (κ1) is 21.9. The van der Waals surface area contributed by atoms with Gasteiger partial charge < -0.3 is 4.90 Å². The second-order valence-corrected chi connectivity index (χ2v) is 11.3. The van der Waals surface area contributed by atoms with Gasteiger partial charge in [-0.2, -0.15) is 5.10 Å². The third-order valence-electron chi connectivity index (χ3n) is 7.34. The van der Waals surface area contributed by atoms with E-state index in [1.54, 1.807) is 16.8 Å². The molecule has 2 fully saturated rings. The largest absolute Gasteiger partial charge is 0.334 e. The van der Waals surface area contributed by atoms with Crippen molar-refractivity contribution in [3.8, 4) is 16.9 Å². The fraction of sp³-hybridized carbons (Fsp3) is 0.429. The van der Waals surface area contributed by atoms with Crippen LogP contribution in [-0.4, -0.2) is 33.2 Å². The molecule has 1 aliphatic heterocycles. The highest BCUT2D eigenvalue weighted by Crippen LogP contribution is 2.52. The van der Waals surface area contributed by atoms with Gasteiger partial charge in [-0.15, -0.1) is 0 Å². The zero-order chi connectivity index (χ0) is 23.5. The second kappa shape index (κ2) is 7.54. The average molecular weight is 446 g/mol. The standard InChI is InChI=1S/C28H32FN3O/c1-18-6-7-19(2)24(12-18)32-25(13-23(30-32)20-8-10-21(29)11-9-20)26(33)31-17-28(5)15-22(31)14-27(3,4)16-28/h6-13,22H,14-17H2,1-5H3. The maximum Gasteiger partial charge on any atom is 0.272 e. The summed E-state index contributed by atoms with van der Waals surface area (Å²) in [5.41, 5.74) is 5.50. The SMILES string of the molecule is Cc1ccc(C)c(-n2nc(-c3ccc(F)cc3)cc2C(=O)N2CC3(C)CC2CC(C)(C)C3)c1. The number of nitrogens with zero attached hydrogens (tertiary/aromatic N) is 3. The van der Waals surface area contributed by atoms with E-state index in [1.807, 2.05) is 19.9 Å². The minimum absolute atomic E-state index is 0.0307. The molecule has 3 aromatic rings. The highest BCUT2D eigenvalue weighted by atomic mass is 19.1. The van der Waals surface area contributed by atoms with Crippen LogP contribution in [-0.2, 0) is 0 Å². The molecule has 1 saturated carbocycles. The number of carbonyl (C=O) groups is 1. The first-order chi connectivity index (χ1) is 15.5. The number of carbonyl (C=O) groups excluding carboxylic acids is 1. The van der Waals surface area contributed by atoms with Gasteiger partial charge in [-0.25, -0.2) is 9.07 Å². The summed E-state index contributed by atoms with van der Waals surface area (Å²) in [6.07, 6.45) is 3.22. The summed E-state index contributed by atoms with van der Waals surface area (Å²) in [5, 5.41) is 4.85. The van der Waals surface area contributed by atoms with Crippen LogP contribution in [0.25, 0.3) is 16.9 Å². The van der Waals surface area contributed by atoms with E-state index in [-0.39, 0.29) is 28.6 Å². The topological polar surface area (TPSA) is 38.1 Å². The molecule has 4 nitrogen and oxygen atoms in total. The Balaban J connectivity index is 1.61. The monoisotopic (exact) mass is 445 g/mol. The first-order valence-electron chi connectivity index (χ1n) is 11.8. The molecule has 2 aromatic carbocycles. The van der Waals surface area contributed by atoms with Gasteiger partial charge in [0.25, 0.3) is 5.91 Å². The van der Waals surface area contributed by atoms with Gasteiger partial charge >= 0.3 is 0 Å². The lowest BCUT2D eigenvalue weighted by Gasteiger charge is -2.39. The third-order valence-corrected chi connectivity index (χ3v) is 7.34. The Morgan fingerprint density at radius 1 is 1.03 bits per heavy atom. The Kier molecular flexibility index (Phi) is 5.00. The van der Waals surface area contributed by atoms with Gasteiger partial charge in [-0.05, 0) is 91.5 Å². The molecule has 5 rings (SSSR count). The highest BCUT2D eigenvalue weighted by molar-refractivity contribution is 5.95. The Labute approximate surface area is 195 Å². The summed E-state index contributed by atoms with van der Waals surface area (Å²) in [4.78, 5) is 16.1. The first-order valence-corrected chi connectivity index (χ1v) is 11.8. The fourth-order valence-corrected chi connectivity index (χ4v) is 6.27. The number of amides is 1. The van der Waals surface area contributed by atoms with Crippen LogP contribution in [0.15, 0.2) is 48.5 Å². The molecule has 2 heterocycles. The molecule has 0 N–H and O–H groups in total. The van der Waals surface area contributed by atoms with Gasteiger partial charge in [0.15, 0.2) is 0 Å². The average Bonchev–Trinajstić information content (AvgIpc) is 3.28. The lowest BCUT2D eigenvalue weighted by Crippen LogP contribution is -2.38. The smallest absolute Gasteiger partial charge is 0.272 e. The number of hydrogen-bond acceptors (Lipinski definition) is 2. The van der Waals surface area contributed by atoms with Gasteiger partial charge in [-0.3, -0.25) is 4.79 Å². The number of benzene rings is 2. The van der Waals surface area contributed by atoms with E-state index in [0.29, 0.717) is 11.4 Å². The molecule has 5 heteroatoms. The van der Waals surface area contributed by atoms with Crippen molar-refractivity contribution in [1.29, 1.82) is 0 Å². The molecule has 1 aromatic heterocycles. The van der Waals surface area contributed by atoms with Crippen LogP contribution in [0.4, 0.5) is 4.39 Å². The summed E-state index contributed by atoms with van der Waals surface area (Å²) < 4.78 is 15.3. The maximum atomic E-state index is 14.0. The number of halogens is 1. The van der Waals surface area contributed by atoms with Crippen LogP contribution in [0.5, 0.6) is 0 Å². The molecule has 1 saturated heterocycles. The van der Waals surface area contributed by atoms with Crippen molar-refractivity contribution in [2.45, 2.75) is 59.9 Å². The highest BCUT2D eigenvalue weighted by Gasteiger charge is 2.51. The van der Waals surface area contributed by atoms with Gasteiger partial charge in [-0.1, -0.05) is 32.9 Å². The van der Waals surface area contributed by atoms with Crippen molar-refractivity contribution in [3.05, 3.63) is 71.2 Å². The lowest BCUT2D eigenvalue weighted by atomic mass is 9.65. The van der Waals surface area contributed by atoms with Crippen LogP contribution in [0, 0.1) is 30.5 Å². The number of aryl methyl sites for hydroxylation is 2. The lowest BCUT2D eigenvalue weighted by molar-refractivity contribution is 0.0699. The zero-order valence-electron chi connectivity index (χ0n) is 20.2. The summed E-state index contributed by atoms with van der Waals surface area (Å²) in [6, 6.07) is 14.6. The van der Waals surface area contributed by atoms with Gasteiger partial charge in [0.1, 0.15) is 11.5 Å². The molecular weight excluding hydrogens is 413 g/mol. The molecule has 2 unspecified atom stereocenters. The van der Waals surface area contributed by atoms with Crippen molar-refractivity contribution in [1.82, 2.24) is 14.7 Å². The number of likely N-dealkylation sites (tertiary alicyclic amines) is 1. The fourth-order valence-electron chi connectivity index (χ4n) is 6.27.